The summed E-state index contributed by atoms with van der Waals surface area (Å²) in [6, 6.07) is 6.44. The molecule has 0 aliphatic rings. The molecule has 0 unspecified atom stereocenters. The summed E-state index contributed by atoms with van der Waals surface area (Å²) in [6.45, 7) is 1.96. The number of nitrogens with one attached hydrogen (secondary N) is 1. The van der Waals surface area contributed by atoms with Gasteiger partial charge < -0.3 is 14.2 Å². The van der Waals surface area contributed by atoms with Crippen molar-refractivity contribution in [2.75, 3.05) is 5.32 Å². The zero-order valence-corrected chi connectivity index (χ0v) is 18.3. The number of carbonyl (C=O) groups excluding carboxylic acids is 1. The van der Waals surface area contributed by atoms with Gasteiger partial charge in [0, 0.05) is 30.0 Å². The number of nitrogens with zero attached hydrogens (tertiary/aromatic N) is 5. The first-order valence-electron chi connectivity index (χ1n) is 9.83. The van der Waals surface area contributed by atoms with Crippen molar-refractivity contribution in [3.8, 4) is 0 Å². The Morgan fingerprint density at radius 1 is 1.24 bits per heavy atom. The molecule has 0 aliphatic carbocycles. The highest BCUT2D eigenvalue weighted by molar-refractivity contribution is 7.14. The van der Waals surface area contributed by atoms with Crippen LogP contribution < -0.4 is 5.32 Å². The smallest absolute Gasteiger partial charge is 0.323 e. The van der Waals surface area contributed by atoms with E-state index in [-0.39, 0.29) is 12.5 Å². The highest BCUT2D eigenvalue weighted by Crippen LogP contribution is 2.19. The van der Waals surface area contributed by atoms with Crippen LogP contribution in [0.1, 0.15) is 33.1 Å². The van der Waals surface area contributed by atoms with Gasteiger partial charge in [-0.05, 0) is 48.9 Å². The van der Waals surface area contributed by atoms with Crippen LogP contribution in [0, 0.1) is 12.9 Å². The van der Waals surface area contributed by atoms with Gasteiger partial charge in [0.15, 0.2) is 5.13 Å². The first kappa shape index (κ1) is 22.1. The molecule has 0 aliphatic heterocycles. The molecular formula is C22H19FN6O3S. The summed E-state index contributed by atoms with van der Waals surface area (Å²) >= 11 is 1.28. The Bertz CT molecular complexity index is 1340. The van der Waals surface area contributed by atoms with Crippen LogP contribution in [0.25, 0.3) is 12.2 Å². The molecule has 0 saturated heterocycles. The van der Waals surface area contributed by atoms with Gasteiger partial charge in [-0.2, -0.15) is 4.39 Å². The summed E-state index contributed by atoms with van der Waals surface area (Å²) in [5.74, 6) is -1.84. The Labute approximate surface area is 191 Å². The van der Waals surface area contributed by atoms with Gasteiger partial charge in [0.05, 0.1) is 17.7 Å². The number of pyridine rings is 1. The fourth-order valence-corrected chi connectivity index (χ4v) is 3.84. The van der Waals surface area contributed by atoms with Gasteiger partial charge in [0.2, 0.25) is 5.95 Å². The van der Waals surface area contributed by atoms with E-state index < -0.39 is 11.9 Å². The topological polar surface area (TPSA) is 115 Å². The van der Waals surface area contributed by atoms with Crippen molar-refractivity contribution in [3.05, 3.63) is 82.7 Å². The van der Waals surface area contributed by atoms with Crippen LogP contribution in [-0.2, 0) is 17.9 Å². The number of amides is 1. The molecule has 0 radical (unpaired) electrons. The lowest BCUT2D eigenvalue weighted by atomic mass is 10.2. The van der Waals surface area contributed by atoms with Gasteiger partial charge in [0.1, 0.15) is 12.2 Å². The van der Waals surface area contributed by atoms with Crippen molar-refractivity contribution in [1.82, 2.24) is 24.1 Å². The molecular weight excluding hydrogens is 447 g/mol. The van der Waals surface area contributed by atoms with Crippen molar-refractivity contribution < 1.29 is 19.1 Å². The first-order valence-corrected chi connectivity index (χ1v) is 10.7. The number of anilines is 1. The maximum atomic E-state index is 13.3. The van der Waals surface area contributed by atoms with Crippen LogP contribution in [-0.4, -0.2) is 41.1 Å². The lowest BCUT2D eigenvalue weighted by Gasteiger charge is -2.09. The number of thiazole rings is 1. The van der Waals surface area contributed by atoms with E-state index in [1.807, 2.05) is 0 Å². The van der Waals surface area contributed by atoms with Crippen LogP contribution >= 0.6 is 11.3 Å². The third kappa shape index (κ3) is 5.39. The van der Waals surface area contributed by atoms with Crippen molar-refractivity contribution in [3.63, 3.8) is 0 Å². The van der Waals surface area contributed by atoms with Gasteiger partial charge >= 0.3 is 5.97 Å². The molecule has 1 amide bonds. The Balaban J connectivity index is 1.42. The highest BCUT2D eigenvalue weighted by atomic mass is 32.1. The Hall–Kier alpha value is -4.12. The molecule has 9 nitrogen and oxygen atoms in total. The quantitative estimate of drug-likeness (QED) is 0.384. The molecule has 11 heteroatoms. The number of halogens is 1. The molecule has 4 aromatic heterocycles. The molecule has 4 heterocycles. The molecule has 0 spiro atoms. The molecule has 4 aromatic rings. The van der Waals surface area contributed by atoms with Crippen LogP contribution in [0.15, 0.2) is 48.4 Å². The predicted octanol–water partition coefficient (Wildman–Crippen LogP) is 3.54. The number of rotatable bonds is 8. The largest absolute Gasteiger partial charge is 0.480 e. The van der Waals surface area contributed by atoms with Gasteiger partial charge in [-0.3, -0.25) is 14.9 Å². The average molecular weight is 466 g/mol. The molecule has 0 aromatic carbocycles. The molecule has 2 N–H and O–H groups in total. The number of aromatic nitrogens is 5. The Morgan fingerprint density at radius 2 is 2.09 bits per heavy atom. The zero-order chi connectivity index (χ0) is 23.4. The van der Waals surface area contributed by atoms with Crippen molar-refractivity contribution in [2.45, 2.75) is 20.0 Å². The van der Waals surface area contributed by atoms with E-state index in [1.165, 1.54) is 29.9 Å². The number of carboxylic acid groups (broad SMARTS) is 1. The second-order valence-electron chi connectivity index (χ2n) is 7.11. The van der Waals surface area contributed by atoms with E-state index in [1.54, 1.807) is 58.0 Å². The first-order chi connectivity index (χ1) is 15.9. The molecule has 0 saturated carbocycles. The maximum Gasteiger partial charge on any atom is 0.323 e. The van der Waals surface area contributed by atoms with Gasteiger partial charge in [-0.25, -0.2) is 15.0 Å². The Kier molecular flexibility index (Phi) is 6.41. The molecule has 33 heavy (non-hydrogen) atoms. The van der Waals surface area contributed by atoms with Crippen molar-refractivity contribution in [2.24, 2.45) is 0 Å². The monoisotopic (exact) mass is 466 g/mol. The van der Waals surface area contributed by atoms with Crippen molar-refractivity contribution >= 4 is 40.5 Å². The molecule has 168 valence electrons. The highest BCUT2D eigenvalue weighted by Gasteiger charge is 2.14. The Morgan fingerprint density at radius 3 is 2.88 bits per heavy atom. The van der Waals surface area contributed by atoms with E-state index in [2.05, 4.69) is 20.3 Å². The summed E-state index contributed by atoms with van der Waals surface area (Å²) in [4.78, 5) is 35.8. The SMILES string of the molecule is Cc1c(/C=C/c2csc(NC(=O)c3cccn3Cc3ccnc(F)c3)n2)ncn1CC(=O)O. The summed E-state index contributed by atoms with van der Waals surface area (Å²) in [6.07, 6.45) is 8.09. The van der Waals surface area contributed by atoms with E-state index in [4.69, 9.17) is 5.11 Å². The summed E-state index contributed by atoms with van der Waals surface area (Å²) in [5.41, 5.74) is 3.10. The number of carboxylic acids is 1. The van der Waals surface area contributed by atoms with Crippen LogP contribution in [0.5, 0.6) is 0 Å². The van der Waals surface area contributed by atoms with E-state index in [9.17, 15) is 14.0 Å². The van der Waals surface area contributed by atoms with Gasteiger partial charge in [-0.1, -0.05) is 0 Å². The number of carbonyl (C=O) groups is 2. The minimum absolute atomic E-state index is 0.155. The fourth-order valence-electron chi connectivity index (χ4n) is 3.17. The molecule has 0 atom stereocenters. The number of imidazole rings is 1. The fraction of sp³-hybridized carbons (Fsp3) is 0.136. The third-order valence-corrected chi connectivity index (χ3v) is 5.58. The molecule has 0 bridgehead atoms. The number of aliphatic carboxylic acids is 1. The molecule has 4 rings (SSSR count). The third-order valence-electron chi connectivity index (χ3n) is 4.80. The maximum absolute atomic E-state index is 13.3. The van der Waals surface area contributed by atoms with E-state index >= 15 is 0 Å². The van der Waals surface area contributed by atoms with E-state index in [0.717, 1.165) is 5.69 Å². The van der Waals surface area contributed by atoms with Gasteiger partial charge in [0.25, 0.3) is 5.91 Å². The minimum Gasteiger partial charge on any atom is -0.480 e. The lowest BCUT2D eigenvalue weighted by Crippen LogP contribution is -2.17. The van der Waals surface area contributed by atoms with Crippen molar-refractivity contribution in [1.29, 1.82) is 0 Å². The second kappa shape index (κ2) is 9.57. The summed E-state index contributed by atoms with van der Waals surface area (Å²) in [7, 11) is 0. The summed E-state index contributed by atoms with van der Waals surface area (Å²) in [5, 5.41) is 13.9. The number of hydrogen-bond acceptors (Lipinski definition) is 6. The zero-order valence-electron chi connectivity index (χ0n) is 17.5. The van der Waals surface area contributed by atoms with E-state index in [0.29, 0.717) is 34.3 Å². The lowest BCUT2D eigenvalue weighted by molar-refractivity contribution is -0.137. The summed E-state index contributed by atoms with van der Waals surface area (Å²) < 4.78 is 16.6. The predicted molar refractivity (Wildman–Crippen MR) is 121 cm³/mol. The standard InChI is InChI=1S/C22H19FN6O3S/c1-14-17(25-13-29(14)11-20(30)31)5-4-16-12-33-22(26-16)27-21(32)18-3-2-8-28(18)10-15-6-7-24-19(23)9-15/h2-9,12-13H,10-11H2,1H3,(H,30,31)(H,26,27,32)/b5-4+. The van der Waals surface area contributed by atoms with Crippen LogP contribution in [0.4, 0.5) is 9.52 Å². The van der Waals surface area contributed by atoms with Gasteiger partial charge in [-0.15, -0.1) is 11.3 Å². The molecule has 0 fully saturated rings. The van der Waals surface area contributed by atoms with Crippen LogP contribution in [0.2, 0.25) is 0 Å². The normalized spacial score (nSPS) is 11.2. The number of hydrogen-bond donors (Lipinski definition) is 2. The average Bonchev–Trinajstić information content (AvgIpc) is 3.48. The van der Waals surface area contributed by atoms with Crippen LogP contribution in [0.3, 0.4) is 0 Å². The second-order valence-corrected chi connectivity index (χ2v) is 7.97. The minimum atomic E-state index is -0.940.